The van der Waals surface area contributed by atoms with Crippen molar-refractivity contribution >= 4 is 11.5 Å². The van der Waals surface area contributed by atoms with Gasteiger partial charge in [-0.05, 0) is 13.8 Å². The van der Waals surface area contributed by atoms with Gasteiger partial charge >= 0.3 is 0 Å². The Morgan fingerprint density at radius 1 is 1.20 bits per heavy atom. The van der Waals surface area contributed by atoms with Crippen molar-refractivity contribution in [3.05, 3.63) is 46.8 Å². The Labute approximate surface area is 117 Å². The smallest absolute Gasteiger partial charge is 0.212 e. The third-order valence-electron chi connectivity index (χ3n) is 3.85. The summed E-state index contributed by atoms with van der Waals surface area (Å²) in [7, 11) is 1.91. The summed E-state index contributed by atoms with van der Waals surface area (Å²) >= 11 is 0. The first kappa shape index (κ1) is 12.7. The van der Waals surface area contributed by atoms with Crippen LogP contribution in [-0.4, -0.2) is 46.3 Å². The van der Waals surface area contributed by atoms with Gasteiger partial charge in [-0.1, -0.05) is 29.4 Å². The molecule has 1 aromatic carbocycles. The molecule has 0 fully saturated rings. The van der Waals surface area contributed by atoms with Crippen molar-refractivity contribution in [2.45, 2.75) is 19.9 Å². The van der Waals surface area contributed by atoms with Crippen molar-refractivity contribution in [1.82, 2.24) is 9.80 Å². The molecule has 0 bridgehead atoms. The molecule has 104 valence electrons. The lowest BCUT2D eigenvalue weighted by molar-refractivity contribution is 0.0980. The third kappa shape index (κ3) is 1.56. The number of likely N-dealkylation sites (N-methyl/N-ethyl adjacent to an activating group) is 1. The molecule has 20 heavy (non-hydrogen) atoms. The average Bonchev–Trinajstić information content (AvgIpc) is 2.78. The van der Waals surface area contributed by atoms with Gasteiger partial charge in [-0.2, -0.15) is 0 Å². The Kier molecular flexibility index (Phi) is 2.78. The predicted molar refractivity (Wildman–Crippen MR) is 75.7 cm³/mol. The van der Waals surface area contributed by atoms with Crippen molar-refractivity contribution in [2.24, 2.45) is 5.16 Å². The van der Waals surface area contributed by atoms with E-state index in [9.17, 15) is 10.0 Å². The van der Waals surface area contributed by atoms with Gasteiger partial charge < -0.3 is 15.0 Å². The standard InChI is InChI=1S/C15H17N3O2/c1-9(2)18-8-17(3)13-12(16-20)10-6-4-5-7-11(10)15(19)14(13)18/h4-7,9,20H,8H2,1-3H3. The van der Waals surface area contributed by atoms with Crippen LogP contribution in [0.4, 0.5) is 0 Å². The van der Waals surface area contributed by atoms with E-state index in [0.29, 0.717) is 34.9 Å². The third-order valence-corrected chi connectivity index (χ3v) is 3.85. The Hall–Kier alpha value is -2.30. The molecule has 0 radical (unpaired) electrons. The minimum atomic E-state index is 0.000972. The Morgan fingerprint density at radius 3 is 2.45 bits per heavy atom. The number of benzene rings is 1. The zero-order valence-electron chi connectivity index (χ0n) is 11.8. The van der Waals surface area contributed by atoms with E-state index in [-0.39, 0.29) is 11.8 Å². The number of ketones is 1. The number of hydrogen-bond donors (Lipinski definition) is 1. The Bertz CT molecular complexity index is 646. The first-order valence-corrected chi connectivity index (χ1v) is 6.64. The number of rotatable bonds is 1. The van der Waals surface area contributed by atoms with E-state index in [1.54, 1.807) is 6.07 Å². The number of oxime groups is 1. The van der Waals surface area contributed by atoms with Gasteiger partial charge in [0.1, 0.15) is 11.4 Å². The van der Waals surface area contributed by atoms with Crippen molar-refractivity contribution in [2.75, 3.05) is 13.7 Å². The second-order valence-corrected chi connectivity index (χ2v) is 5.42. The summed E-state index contributed by atoms with van der Waals surface area (Å²) in [6.45, 7) is 4.72. The van der Waals surface area contributed by atoms with Crippen LogP contribution in [0.2, 0.25) is 0 Å². The van der Waals surface area contributed by atoms with Gasteiger partial charge in [0.25, 0.3) is 0 Å². The van der Waals surface area contributed by atoms with E-state index >= 15 is 0 Å². The monoisotopic (exact) mass is 271 g/mol. The van der Waals surface area contributed by atoms with E-state index in [0.717, 1.165) is 0 Å². The van der Waals surface area contributed by atoms with Crippen LogP contribution < -0.4 is 0 Å². The second-order valence-electron chi connectivity index (χ2n) is 5.42. The molecule has 5 nitrogen and oxygen atoms in total. The van der Waals surface area contributed by atoms with Gasteiger partial charge in [-0.3, -0.25) is 4.79 Å². The summed E-state index contributed by atoms with van der Waals surface area (Å²) in [5.74, 6) is 0.000972. The first-order chi connectivity index (χ1) is 9.56. The number of carbonyl (C=O) groups is 1. The molecule has 0 aromatic heterocycles. The molecular formula is C15H17N3O2. The van der Waals surface area contributed by atoms with Crippen molar-refractivity contribution < 1.29 is 10.0 Å². The molecule has 0 unspecified atom stereocenters. The average molecular weight is 271 g/mol. The molecule has 3 rings (SSSR count). The largest absolute Gasteiger partial charge is 0.410 e. The summed E-state index contributed by atoms with van der Waals surface area (Å²) < 4.78 is 0. The lowest BCUT2D eigenvalue weighted by Gasteiger charge is -2.26. The molecule has 1 heterocycles. The van der Waals surface area contributed by atoms with E-state index in [2.05, 4.69) is 5.16 Å². The summed E-state index contributed by atoms with van der Waals surface area (Å²) in [5, 5.41) is 12.9. The molecule has 1 aliphatic carbocycles. The summed E-state index contributed by atoms with van der Waals surface area (Å²) in [6, 6.07) is 7.48. The van der Waals surface area contributed by atoms with Gasteiger partial charge in [0.2, 0.25) is 5.78 Å². The van der Waals surface area contributed by atoms with Crippen LogP contribution in [0, 0.1) is 0 Å². The highest BCUT2D eigenvalue weighted by molar-refractivity contribution is 6.28. The van der Waals surface area contributed by atoms with Crippen LogP contribution in [0.1, 0.15) is 29.8 Å². The molecule has 2 aliphatic rings. The molecule has 1 N–H and O–H groups in total. The molecular weight excluding hydrogens is 254 g/mol. The number of hydrogen-bond acceptors (Lipinski definition) is 5. The zero-order valence-corrected chi connectivity index (χ0v) is 11.8. The normalized spacial score (nSPS) is 20.0. The van der Waals surface area contributed by atoms with Gasteiger partial charge in [0.15, 0.2) is 0 Å². The van der Waals surface area contributed by atoms with E-state index in [1.165, 1.54) is 0 Å². The first-order valence-electron chi connectivity index (χ1n) is 6.64. The second kappa shape index (κ2) is 4.37. The Balaban J connectivity index is 2.25. The van der Waals surface area contributed by atoms with Crippen LogP contribution in [0.25, 0.3) is 0 Å². The fourth-order valence-corrected chi connectivity index (χ4v) is 2.88. The van der Waals surface area contributed by atoms with Crippen molar-refractivity contribution in [1.29, 1.82) is 0 Å². The fraction of sp³-hybridized carbons (Fsp3) is 0.333. The molecule has 1 aromatic rings. The Morgan fingerprint density at radius 2 is 1.85 bits per heavy atom. The highest BCUT2D eigenvalue weighted by Gasteiger charge is 2.41. The topological polar surface area (TPSA) is 56.1 Å². The number of allylic oxidation sites excluding steroid dienone is 2. The van der Waals surface area contributed by atoms with Gasteiger partial charge in [0, 0.05) is 24.2 Å². The molecule has 0 saturated carbocycles. The maximum atomic E-state index is 12.8. The quantitative estimate of drug-likeness (QED) is 0.626. The summed E-state index contributed by atoms with van der Waals surface area (Å²) in [4.78, 5) is 16.8. The van der Waals surface area contributed by atoms with E-state index in [4.69, 9.17) is 0 Å². The predicted octanol–water partition coefficient (Wildman–Crippen LogP) is 1.89. The lowest BCUT2D eigenvalue weighted by Crippen LogP contribution is -2.34. The molecule has 1 aliphatic heterocycles. The number of nitrogens with zero attached hydrogens (tertiary/aromatic N) is 3. The fourth-order valence-electron chi connectivity index (χ4n) is 2.88. The van der Waals surface area contributed by atoms with E-state index in [1.807, 2.05) is 48.9 Å². The van der Waals surface area contributed by atoms with Gasteiger partial charge in [0.05, 0.1) is 12.4 Å². The number of fused-ring (bicyclic) bond motifs is 1. The summed E-state index contributed by atoms with van der Waals surface area (Å²) in [5.41, 5.74) is 3.11. The van der Waals surface area contributed by atoms with Gasteiger partial charge in [-0.25, -0.2) is 0 Å². The molecule has 0 atom stereocenters. The highest BCUT2D eigenvalue weighted by Crippen LogP contribution is 2.35. The van der Waals surface area contributed by atoms with Crippen LogP contribution in [0.15, 0.2) is 40.8 Å². The van der Waals surface area contributed by atoms with E-state index < -0.39 is 0 Å². The number of carbonyl (C=O) groups excluding carboxylic acids is 1. The van der Waals surface area contributed by atoms with Gasteiger partial charge in [-0.15, -0.1) is 0 Å². The van der Waals surface area contributed by atoms with Crippen molar-refractivity contribution in [3.63, 3.8) is 0 Å². The lowest BCUT2D eigenvalue weighted by atomic mass is 9.89. The maximum Gasteiger partial charge on any atom is 0.212 e. The molecule has 0 amide bonds. The van der Waals surface area contributed by atoms with Crippen LogP contribution in [0.3, 0.4) is 0 Å². The summed E-state index contributed by atoms with van der Waals surface area (Å²) in [6.07, 6.45) is 0. The van der Waals surface area contributed by atoms with Crippen LogP contribution in [-0.2, 0) is 0 Å². The van der Waals surface area contributed by atoms with Crippen LogP contribution in [0.5, 0.6) is 0 Å². The minimum absolute atomic E-state index is 0.000972. The maximum absolute atomic E-state index is 12.8. The van der Waals surface area contributed by atoms with Crippen LogP contribution >= 0.6 is 0 Å². The SMILES string of the molecule is CC(C)N1CN(C)C2=C1C(=O)c1ccccc1C2=NO. The number of Topliss-reactive ketones (excluding diaryl/α,β-unsaturated/α-hetero) is 1. The molecule has 5 heteroatoms. The minimum Gasteiger partial charge on any atom is -0.410 e. The van der Waals surface area contributed by atoms with Crippen molar-refractivity contribution in [3.8, 4) is 0 Å². The molecule has 0 spiro atoms. The zero-order chi connectivity index (χ0) is 14.4. The highest BCUT2D eigenvalue weighted by atomic mass is 16.4. The molecule has 0 saturated heterocycles.